The second-order valence-corrected chi connectivity index (χ2v) is 15.1. The number of pyridine rings is 1. The van der Waals surface area contributed by atoms with E-state index in [1.54, 1.807) is 0 Å². The van der Waals surface area contributed by atoms with Crippen LogP contribution in [0.5, 0.6) is 0 Å². The molecule has 0 spiro atoms. The second-order valence-electron chi connectivity index (χ2n) is 13.3. The van der Waals surface area contributed by atoms with Crippen LogP contribution in [-0.2, 0) is 6.54 Å². The van der Waals surface area contributed by atoms with E-state index in [0.717, 1.165) is 21.9 Å². The second kappa shape index (κ2) is 19.2. The highest BCUT2D eigenvalue weighted by Gasteiger charge is 2.24. The van der Waals surface area contributed by atoms with Crippen molar-refractivity contribution in [2.45, 2.75) is 32.7 Å². The van der Waals surface area contributed by atoms with E-state index in [2.05, 4.69) is 219 Å². The van der Waals surface area contributed by atoms with Crippen LogP contribution in [0.3, 0.4) is 0 Å². The maximum Gasteiger partial charge on any atom is 0.673 e. The lowest BCUT2D eigenvalue weighted by Crippen LogP contribution is -2.39. The molecule has 282 valence electrons. The summed E-state index contributed by atoms with van der Waals surface area (Å²) in [5, 5.41) is 0. The average Bonchev–Trinajstić information content (AvgIpc) is 3.20. The highest BCUT2D eigenvalue weighted by molar-refractivity contribution is 9.10. The quantitative estimate of drug-likeness (QED) is 0.0401. The summed E-state index contributed by atoms with van der Waals surface area (Å²) in [5.41, 5.74) is 14.4. The Bertz CT molecular complexity index is 2270. The summed E-state index contributed by atoms with van der Waals surface area (Å²) >= 11 is 7.50. The summed E-state index contributed by atoms with van der Waals surface area (Å²) in [6.45, 7) is 3.21. The van der Waals surface area contributed by atoms with E-state index in [9.17, 15) is 17.3 Å². The number of benzene rings is 6. The number of hydrogen-bond acceptors (Lipinski definition) is 0. The first kappa shape index (κ1) is 40.6. The Hall–Kier alpha value is -5.05. The normalized spacial score (nSPS) is 11.1. The minimum atomic E-state index is -6.00. The number of hydrogen-bond donors (Lipinski definition) is 0. The van der Waals surface area contributed by atoms with Crippen molar-refractivity contribution in [3.05, 3.63) is 207 Å². The van der Waals surface area contributed by atoms with Crippen LogP contribution in [0.4, 0.5) is 17.3 Å². The van der Waals surface area contributed by atoms with Crippen LogP contribution in [0.2, 0.25) is 0 Å². The smallest absolute Gasteiger partial charge is 0.418 e. The molecule has 1 nitrogen and oxygen atoms in total. The molecule has 0 saturated heterocycles. The fourth-order valence-electron chi connectivity index (χ4n) is 6.88. The van der Waals surface area contributed by atoms with Crippen LogP contribution in [-0.4, -0.2) is 7.25 Å². The van der Waals surface area contributed by atoms with E-state index in [1.165, 1.54) is 79.9 Å². The Morgan fingerprint density at radius 2 is 0.839 bits per heavy atom. The van der Waals surface area contributed by atoms with Crippen molar-refractivity contribution in [2.24, 2.45) is 0 Å². The largest absolute Gasteiger partial charge is 0.673 e. The Kier molecular flexibility index (Phi) is 13.9. The van der Waals surface area contributed by atoms with Crippen molar-refractivity contribution in [3.63, 3.8) is 0 Å². The molecule has 0 saturated carbocycles. The average molecular weight is 877 g/mol. The van der Waals surface area contributed by atoms with Gasteiger partial charge in [-0.05, 0) is 87.3 Å². The molecule has 0 aliphatic carbocycles. The molecule has 0 atom stereocenters. The van der Waals surface area contributed by atoms with Crippen molar-refractivity contribution in [1.82, 2.24) is 0 Å². The van der Waals surface area contributed by atoms with E-state index in [4.69, 9.17) is 0 Å². The van der Waals surface area contributed by atoms with E-state index in [1.807, 2.05) is 0 Å². The van der Waals surface area contributed by atoms with Gasteiger partial charge in [0.2, 0.25) is 11.4 Å². The number of nitrogens with zero attached hydrogens (tertiary/aromatic N) is 1. The standard InChI is InChI=1S/C48H40Br2N.BF4/c1-2-3-13-30-51-45(40-22-14-24-43(49)31-40)33-42(34-46(51)41-23-15-25-44(50)32-41)35-26-28-39(29-27-35)48(38-20-11-6-12-21-38)47(36-16-7-4-8-17-36)37-18-9-5-10-19-37;2-1(3,4)5/h4-12,14-29,31-34H,2-3,13,30H2,1H3;/q+1;-1. The van der Waals surface area contributed by atoms with Gasteiger partial charge in [-0.25, -0.2) is 0 Å². The van der Waals surface area contributed by atoms with Gasteiger partial charge in [0.05, 0.1) is 0 Å². The molecule has 0 aliphatic rings. The third-order valence-corrected chi connectivity index (χ3v) is 10.3. The SMILES string of the molecule is CCCCC[n+]1c(-c2cccc(Br)c2)cc(-c2ccc(C(=C(c3ccccc3)c3ccccc3)c3ccccc3)cc2)cc1-c1cccc(Br)c1.F[B-](F)(F)F. The number of aromatic nitrogens is 1. The molecule has 0 fully saturated rings. The maximum atomic E-state index is 9.75. The third-order valence-electron chi connectivity index (χ3n) is 9.34. The van der Waals surface area contributed by atoms with Crippen LogP contribution in [0.25, 0.3) is 44.8 Å². The molecule has 1 aromatic heterocycles. The molecule has 0 radical (unpaired) electrons. The van der Waals surface area contributed by atoms with Gasteiger partial charge in [-0.3, -0.25) is 0 Å². The van der Waals surface area contributed by atoms with Crippen molar-refractivity contribution < 1.29 is 21.8 Å². The van der Waals surface area contributed by atoms with E-state index in [0.29, 0.717) is 0 Å². The monoisotopic (exact) mass is 875 g/mol. The molecule has 1 heterocycles. The molecule has 7 aromatic rings. The molecule has 8 heteroatoms. The van der Waals surface area contributed by atoms with Gasteiger partial charge in [0.15, 0.2) is 0 Å². The van der Waals surface area contributed by atoms with Crippen LogP contribution in [0.1, 0.15) is 48.4 Å². The highest BCUT2D eigenvalue weighted by atomic mass is 79.9. The Balaban J connectivity index is 0.00000100. The lowest BCUT2D eigenvalue weighted by molar-refractivity contribution is -0.675. The van der Waals surface area contributed by atoms with Gasteiger partial charge in [-0.15, -0.1) is 0 Å². The first-order chi connectivity index (χ1) is 27.1. The first-order valence-corrected chi connectivity index (χ1v) is 20.2. The molecule has 7 rings (SSSR count). The molecule has 0 unspecified atom stereocenters. The minimum absolute atomic E-state index is 0.948. The van der Waals surface area contributed by atoms with E-state index in [-0.39, 0.29) is 0 Å². The number of rotatable bonds is 11. The van der Waals surface area contributed by atoms with Crippen LogP contribution in [0, 0.1) is 0 Å². The fraction of sp³-hybridized carbons (Fsp3) is 0.104. The topological polar surface area (TPSA) is 3.88 Å². The molecule has 0 amide bonds. The van der Waals surface area contributed by atoms with Crippen molar-refractivity contribution in [3.8, 4) is 33.6 Å². The highest BCUT2D eigenvalue weighted by Crippen LogP contribution is 2.38. The maximum absolute atomic E-state index is 9.75. The lowest BCUT2D eigenvalue weighted by atomic mass is 9.85. The van der Waals surface area contributed by atoms with Gasteiger partial charge < -0.3 is 17.3 Å². The molecule has 6 aromatic carbocycles. The zero-order valence-corrected chi connectivity index (χ0v) is 34.0. The molecular formula is C48H40BBr2F4N. The molecular weight excluding hydrogens is 837 g/mol. The van der Waals surface area contributed by atoms with Gasteiger partial charge in [0.25, 0.3) is 0 Å². The number of unbranched alkanes of at least 4 members (excludes halogenated alkanes) is 2. The molecule has 56 heavy (non-hydrogen) atoms. The summed E-state index contributed by atoms with van der Waals surface area (Å²) < 4.78 is 43.7. The predicted molar refractivity (Wildman–Crippen MR) is 232 cm³/mol. The molecule has 0 N–H and O–H groups in total. The predicted octanol–water partition coefficient (Wildman–Crippen LogP) is 15.0. The van der Waals surface area contributed by atoms with Crippen molar-refractivity contribution >= 4 is 50.3 Å². The van der Waals surface area contributed by atoms with Crippen LogP contribution in [0.15, 0.2) is 185 Å². The Labute approximate surface area is 343 Å². The van der Waals surface area contributed by atoms with Gasteiger partial charge >= 0.3 is 7.25 Å². The Morgan fingerprint density at radius 3 is 1.21 bits per heavy atom. The van der Waals surface area contributed by atoms with Crippen LogP contribution < -0.4 is 4.57 Å². The van der Waals surface area contributed by atoms with Gasteiger partial charge in [-0.2, -0.15) is 4.57 Å². The van der Waals surface area contributed by atoms with Gasteiger partial charge in [-0.1, -0.05) is 173 Å². The minimum Gasteiger partial charge on any atom is -0.418 e. The number of halogens is 6. The van der Waals surface area contributed by atoms with E-state index < -0.39 is 7.25 Å². The first-order valence-electron chi connectivity index (χ1n) is 18.6. The zero-order valence-electron chi connectivity index (χ0n) is 30.9. The van der Waals surface area contributed by atoms with Crippen LogP contribution >= 0.6 is 31.9 Å². The summed E-state index contributed by atoms with van der Waals surface area (Å²) in [6.07, 6.45) is 3.49. The summed E-state index contributed by atoms with van der Waals surface area (Å²) in [5.74, 6) is 0. The molecule has 0 bridgehead atoms. The summed E-state index contributed by atoms with van der Waals surface area (Å²) in [7, 11) is -6.00. The van der Waals surface area contributed by atoms with Gasteiger partial charge in [0, 0.05) is 38.6 Å². The summed E-state index contributed by atoms with van der Waals surface area (Å²) in [6, 6.07) is 63.6. The van der Waals surface area contributed by atoms with Crippen molar-refractivity contribution in [2.75, 3.05) is 0 Å². The van der Waals surface area contributed by atoms with E-state index >= 15 is 0 Å². The third kappa shape index (κ3) is 10.8. The zero-order chi connectivity index (χ0) is 39.5. The fourth-order valence-corrected chi connectivity index (χ4v) is 7.68. The summed E-state index contributed by atoms with van der Waals surface area (Å²) in [4.78, 5) is 0. The Morgan fingerprint density at radius 1 is 0.446 bits per heavy atom. The molecule has 0 aliphatic heterocycles. The van der Waals surface area contributed by atoms with Gasteiger partial charge in [0.1, 0.15) is 6.54 Å². The lowest BCUT2D eigenvalue weighted by Gasteiger charge is -2.18. The van der Waals surface area contributed by atoms with Crippen molar-refractivity contribution in [1.29, 1.82) is 0 Å².